The largest absolute Gasteiger partial charge is 0.552 e. The minimum Gasteiger partial charge on any atom is -0.506 e. The Morgan fingerprint density at radius 3 is 2.22 bits per heavy atom. The lowest BCUT2D eigenvalue weighted by Gasteiger charge is -2.24. The fraction of sp³-hybridized carbons (Fsp3) is 0.476. The monoisotopic (exact) mass is 534 g/mol. The summed E-state index contributed by atoms with van der Waals surface area (Å²) in [6.07, 6.45) is -6.78. The highest BCUT2D eigenvalue weighted by atomic mass is 19.4. The number of carbonyl (C=O) groups excluding carboxylic acids is 3. The van der Waals surface area contributed by atoms with Gasteiger partial charge in [0.25, 0.3) is 5.91 Å². The second-order valence-electron chi connectivity index (χ2n) is 8.71. The molecule has 1 heterocycles. The summed E-state index contributed by atoms with van der Waals surface area (Å²) in [5.74, 6) is -9.08. The molecule has 4 N–H and O–H groups in total. The molecule has 0 aromatic heterocycles. The lowest BCUT2D eigenvalue weighted by atomic mass is 9.74. The van der Waals surface area contributed by atoms with Crippen LogP contribution >= 0.6 is 0 Å². The lowest BCUT2D eigenvalue weighted by Crippen LogP contribution is -2.51. The van der Waals surface area contributed by atoms with Crippen LogP contribution in [0.25, 0.3) is 0 Å². The first kappa shape index (κ1) is 29.5. The van der Waals surface area contributed by atoms with Gasteiger partial charge in [0.1, 0.15) is 5.82 Å². The van der Waals surface area contributed by atoms with E-state index in [9.17, 15) is 41.5 Å². The van der Waals surface area contributed by atoms with E-state index in [1.165, 1.54) is 0 Å². The third-order valence-corrected chi connectivity index (χ3v) is 5.16. The molecule has 1 atom stereocenters. The molecule has 1 aliphatic rings. The van der Waals surface area contributed by atoms with E-state index in [0.717, 1.165) is 0 Å². The number of amides is 2. The highest BCUT2D eigenvalue weighted by Gasteiger charge is 2.57. The summed E-state index contributed by atoms with van der Waals surface area (Å²) in [6, 6.07) is 1.20. The van der Waals surface area contributed by atoms with Gasteiger partial charge in [0.2, 0.25) is 5.91 Å². The minimum absolute atomic E-state index is 0.0934. The number of hydrogen-bond donors (Lipinski definition) is 4. The Balaban J connectivity index is 2.13. The van der Waals surface area contributed by atoms with E-state index in [0.29, 0.717) is 18.2 Å². The molecule has 0 bridgehead atoms. The van der Waals surface area contributed by atoms with Crippen molar-refractivity contribution in [1.29, 1.82) is 0 Å². The molecule has 37 heavy (non-hydrogen) atoms. The zero-order chi connectivity index (χ0) is 28.1. The van der Waals surface area contributed by atoms with Crippen LogP contribution in [0.2, 0.25) is 0 Å². The molecule has 2 rings (SSSR count). The van der Waals surface area contributed by atoms with Gasteiger partial charge in [-0.1, -0.05) is 13.8 Å². The maximum Gasteiger partial charge on any atom is 0.552 e. The van der Waals surface area contributed by atoms with Gasteiger partial charge in [0.15, 0.2) is 5.60 Å². The minimum atomic E-state index is -4.83. The van der Waals surface area contributed by atoms with Crippen molar-refractivity contribution in [3.63, 3.8) is 0 Å². The molecule has 1 aromatic rings. The number of carboxylic acid groups (broad SMARTS) is 2. The highest BCUT2D eigenvalue weighted by molar-refractivity contribution is 6.51. The van der Waals surface area contributed by atoms with Crippen molar-refractivity contribution in [1.82, 2.24) is 10.6 Å². The van der Waals surface area contributed by atoms with Crippen LogP contribution in [0, 0.1) is 11.7 Å². The summed E-state index contributed by atoms with van der Waals surface area (Å²) in [4.78, 5) is 59.5. The molecule has 11 nitrogen and oxygen atoms in total. The van der Waals surface area contributed by atoms with Gasteiger partial charge in [-0.05, 0) is 30.5 Å². The third-order valence-electron chi connectivity index (χ3n) is 5.16. The Labute approximate surface area is 207 Å². The summed E-state index contributed by atoms with van der Waals surface area (Å²) in [6.45, 7) is 2.62. The Morgan fingerprint density at radius 1 is 1.11 bits per heavy atom. The van der Waals surface area contributed by atoms with Crippen LogP contribution in [0.3, 0.4) is 0 Å². The lowest BCUT2D eigenvalue weighted by molar-refractivity contribution is -0.157. The van der Waals surface area contributed by atoms with E-state index in [2.05, 4.69) is 5.32 Å². The number of carboxylic acids is 2. The van der Waals surface area contributed by atoms with E-state index in [1.807, 2.05) is 5.32 Å². The van der Waals surface area contributed by atoms with Crippen molar-refractivity contribution >= 4 is 36.8 Å². The second-order valence-corrected chi connectivity index (χ2v) is 8.71. The van der Waals surface area contributed by atoms with Crippen LogP contribution in [0.5, 0.6) is 0 Å². The average Bonchev–Trinajstić information content (AvgIpc) is 3.05. The Hall–Kier alpha value is -3.69. The van der Waals surface area contributed by atoms with Gasteiger partial charge < -0.3 is 30.2 Å². The molecular weight excluding hydrogens is 511 g/mol. The molecule has 0 saturated carbocycles. The molecule has 202 valence electrons. The van der Waals surface area contributed by atoms with Gasteiger partial charge in [0.05, 0.1) is 36.5 Å². The summed E-state index contributed by atoms with van der Waals surface area (Å²) >= 11 is 0. The molecule has 16 heteroatoms. The third kappa shape index (κ3) is 7.90. The van der Waals surface area contributed by atoms with Gasteiger partial charge >= 0.3 is 31.2 Å². The quantitative estimate of drug-likeness (QED) is 0.242. The van der Waals surface area contributed by atoms with Crippen LogP contribution in [0.1, 0.15) is 49.0 Å². The number of benzene rings is 1. The van der Waals surface area contributed by atoms with Crippen LogP contribution in [-0.2, 0) is 34.7 Å². The van der Waals surface area contributed by atoms with E-state index in [-0.39, 0.29) is 12.3 Å². The number of hydrogen-bond acceptors (Lipinski definition) is 7. The summed E-state index contributed by atoms with van der Waals surface area (Å²) in [7, 11) is -1.57. The first-order valence-electron chi connectivity index (χ1n) is 10.8. The first-order valence-corrected chi connectivity index (χ1v) is 10.8. The van der Waals surface area contributed by atoms with E-state index >= 15 is 0 Å². The normalized spacial score (nSPS) is 15.8. The van der Waals surface area contributed by atoms with Crippen LogP contribution in [0.15, 0.2) is 18.2 Å². The number of rotatable bonds is 11. The summed E-state index contributed by atoms with van der Waals surface area (Å²) in [5, 5.41) is 22.6. The molecule has 0 spiro atoms. The topological polar surface area (TPSA) is 168 Å². The highest BCUT2D eigenvalue weighted by Crippen LogP contribution is 2.33. The van der Waals surface area contributed by atoms with E-state index in [4.69, 9.17) is 19.5 Å². The van der Waals surface area contributed by atoms with Gasteiger partial charge in [-0.2, -0.15) is 13.2 Å². The predicted molar refractivity (Wildman–Crippen MR) is 115 cm³/mol. The average molecular weight is 534 g/mol. The van der Waals surface area contributed by atoms with Gasteiger partial charge in [-0.3, -0.25) is 24.0 Å². The Kier molecular flexibility index (Phi) is 9.25. The fourth-order valence-corrected chi connectivity index (χ4v) is 3.59. The number of aliphatic carboxylic acids is 2. The zero-order valence-electron chi connectivity index (χ0n) is 19.6. The molecule has 2 amide bonds. The predicted octanol–water partition coefficient (Wildman–Crippen LogP) is 1.39. The second kappa shape index (κ2) is 11.6. The van der Waals surface area contributed by atoms with Crippen molar-refractivity contribution in [2.45, 2.75) is 50.8 Å². The molecule has 1 unspecified atom stereocenters. The van der Waals surface area contributed by atoms with Crippen molar-refractivity contribution in [2.24, 2.45) is 5.92 Å². The zero-order valence-corrected chi connectivity index (χ0v) is 19.6. The van der Waals surface area contributed by atoms with Crippen molar-refractivity contribution < 1.29 is 61.1 Å². The van der Waals surface area contributed by atoms with E-state index < -0.39 is 90.9 Å². The molecule has 1 saturated heterocycles. The van der Waals surface area contributed by atoms with Gasteiger partial charge in [-0.25, -0.2) is 4.39 Å². The Morgan fingerprint density at radius 2 is 1.70 bits per heavy atom. The molecule has 0 radical (unpaired) electrons. The molecule has 0 aliphatic carbocycles. The van der Waals surface area contributed by atoms with E-state index in [1.54, 1.807) is 13.8 Å². The van der Waals surface area contributed by atoms with Gasteiger partial charge in [-0.15, -0.1) is 0 Å². The Bertz CT molecular complexity index is 1060. The smallest absolute Gasteiger partial charge is 0.506 e. The molecule has 1 fully saturated rings. The standard InChI is InChI=1S/C21H23BF4N2O9/c1-10(2)5-14(22-36-19(35)20(37-22,7-16(30)31)8-17(32)33)28-15(29)9-27-18(34)12-6-11(21(24,25)26)3-4-13(12)23/h3-4,6,10,14H,5,7-9H2,1-2H3,(H,27,34)(H,28,29)(H,30,31)(H,32,33). The summed E-state index contributed by atoms with van der Waals surface area (Å²) in [5.41, 5.74) is -4.55. The fourth-order valence-electron chi connectivity index (χ4n) is 3.59. The first-order chi connectivity index (χ1) is 17.0. The SMILES string of the molecule is CC(C)CC(NC(=O)CNC(=O)c1cc(C(F)(F)F)ccc1F)B1OC(=O)C(CC(=O)O)(CC(=O)O)O1. The van der Waals surface area contributed by atoms with Gasteiger partial charge in [0, 0.05) is 0 Å². The van der Waals surface area contributed by atoms with Crippen LogP contribution in [0.4, 0.5) is 17.6 Å². The molecular formula is C21H23BF4N2O9. The van der Waals surface area contributed by atoms with Crippen molar-refractivity contribution in [3.05, 3.63) is 35.1 Å². The number of alkyl halides is 3. The maximum absolute atomic E-state index is 13.9. The van der Waals surface area contributed by atoms with Crippen molar-refractivity contribution in [3.8, 4) is 0 Å². The number of halogens is 4. The summed E-state index contributed by atoms with van der Waals surface area (Å²) < 4.78 is 63.0. The van der Waals surface area contributed by atoms with Crippen LogP contribution < -0.4 is 10.6 Å². The van der Waals surface area contributed by atoms with Crippen molar-refractivity contribution in [2.75, 3.05) is 6.54 Å². The molecule has 1 aromatic carbocycles. The maximum atomic E-state index is 13.9. The number of carbonyl (C=O) groups is 5. The molecule has 1 aliphatic heterocycles. The van der Waals surface area contributed by atoms with Crippen LogP contribution in [-0.4, -0.2) is 65.1 Å². The number of nitrogens with one attached hydrogen (secondary N) is 2.